The van der Waals surface area contributed by atoms with Crippen LogP contribution in [0.15, 0.2) is 65.2 Å². The van der Waals surface area contributed by atoms with E-state index in [0.717, 1.165) is 31.0 Å². The molecule has 0 atom stereocenters. The molecule has 0 amide bonds. The zero-order valence-electron chi connectivity index (χ0n) is 17.8. The van der Waals surface area contributed by atoms with Crippen LogP contribution in [0.5, 0.6) is 0 Å². The number of rotatable bonds is 5. The fourth-order valence-corrected chi connectivity index (χ4v) is 4.49. The number of nitrogens with two attached hydrogens (primary N) is 1. The molecule has 3 N–H and O–H groups in total. The second-order valence-electron chi connectivity index (χ2n) is 7.71. The molecule has 0 unspecified atom stereocenters. The van der Waals surface area contributed by atoms with Gasteiger partial charge in [0, 0.05) is 36.3 Å². The Bertz CT molecular complexity index is 832. The molecule has 1 aliphatic carbocycles. The summed E-state index contributed by atoms with van der Waals surface area (Å²) >= 11 is 6.84. The molecule has 30 heavy (non-hydrogen) atoms. The van der Waals surface area contributed by atoms with Gasteiger partial charge in [0.15, 0.2) is 10.3 Å². The second-order valence-corrected chi connectivity index (χ2v) is 9.09. The quantitative estimate of drug-likeness (QED) is 0.401. The van der Waals surface area contributed by atoms with Gasteiger partial charge < -0.3 is 20.9 Å². The summed E-state index contributed by atoms with van der Waals surface area (Å²) in [5, 5.41) is 4.01. The van der Waals surface area contributed by atoms with Crippen molar-refractivity contribution in [2.45, 2.75) is 25.3 Å². The predicted molar refractivity (Wildman–Crippen MR) is 137 cm³/mol. The molecule has 1 heterocycles. The topological polar surface area (TPSA) is 56.9 Å². The number of thiocarbonyl (C=S) groups is 1. The highest BCUT2D eigenvalue weighted by Gasteiger charge is 2.20. The van der Waals surface area contributed by atoms with Crippen molar-refractivity contribution in [2.24, 2.45) is 10.7 Å². The predicted octanol–water partition coefficient (Wildman–Crippen LogP) is 4.40. The summed E-state index contributed by atoms with van der Waals surface area (Å²) in [5.74, 6) is 0.776. The summed E-state index contributed by atoms with van der Waals surface area (Å²) in [4.78, 5) is 9.09. The first-order chi connectivity index (χ1) is 14.5. The van der Waals surface area contributed by atoms with Crippen LogP contribution in [0, 0.1) is 0 Å². The maximum Gasteiger partial charge on any atom is 0.199 e. The normalized spacial score (nSPS) is 17.8. The summed E-state index contributed by atoms with van der Waals surface area (Å²) in [6, 6.07) is 9.06. The zero-order chi connectivity index (χ0) is 21.3. The van der Waals surface area contributed by atoms with Crippen molar-refractivity contribution in [2.75, 3.05) is 43.2 Å². The molecule has 1 aromatic rings. The maximum absolute atomic E-state index is 6.04. The number of aliphatic imine (C=N–C) groups is 1. The van der Waals surface area contributed by atoms with E-state index in [1.165, 1.54) is 35.9 Å². The molecule has 1 saturated heterocycles. The molecular weight excluding hydrogens is 410 g/mol. The van der Waals surface area contributed by atoms with Gasteiger partial charge in [-0.25, -0.2) is 0 Å². The van der Waals surface area contributed by atoms with Crippen molar-refractivity contribution in [1.82, 2.24) is 4.90 Å². The van der Waals surface area contributed by atoms with E-state index in [0.29, 0.717) is 16.3 Å². The Balaban J connectivity index is 1.47. The van der Waals surface area contributed by atoms with Crippen molar-refractivity contribution in [3.8, 4) is 0 Å². The minimum atomic E-state index is 0.379. The van der Waals surface area contributed by atoms with Crippen LogP contribution < -0.4 is 16.0 Å². The fourth-order valence-electron chi connectivity index (χ4n) is 3.56. The zero-order valence-corrected chi connectivity index (χ0v) is 19.4. The third-order valence-electron chi connectivity index (χ3n) is 5.33. The lowest BCUT2D eigenvalue weighted by atomic mass is 10.0. The molecule has 0 saturated carbocycles. The summed E-state index contributed by atoms with van der Waals surface area (Å²) < 4.78 is 0. The number of benzene rings is 1. The lowest BCUT2D eigenvalue weighted by molar-refractivity contribution is 0.249. The van der Waals surface area contributed by atoms with Crippen LogP contribution in [-0.4, -0.2) is 54.2 Å². The molecule has 0 radical (unpaired) electrons. The lowest BCUT2D eigenvalue weighted by Gasteiger charge is -2.36. The molecule has 3 rings (SSSR count). The number of anilines is 2. The van der Waals surface area contributed by atoms with Gasteiger partial charge in [-0.3, -0.25) is 0 Å². The summed E-state index contributed by atoms with van der Waals surface area (Å²) in [6.07, 6.45) is 13.9. The second kappa shape index (κ2) is 11.3. The van der Waals surface area contributed by atoms with Crippen molar-refractivity contribution in [3.63, 3.8) is 0 Å². The highest BCUT2D eigenvalue weighted by molar-refractivity contribution is 8.14. The molecule has 1 aromatic carbocycles. The molecule has 1 aliphatic heterocycles. The van der Waals surface area contributed by atoms with Gasteiger partial charge in [-0.05, 0) is 75.4 Å². The van der Waals surface area contributed by atoms with E-state index >= 15 is 0 Å². The number of nitrogens with one attached hydrogen (secondary N) is 1. The van der Waals surface area contributed by atoms with Crippen LogP contribution in [0.25, 0.3) is 0 Å². The third kappa shape index (κ3) is 7.00. The van der Waals surface area contributed by atoms with Gasteiger partial charge in [0.1, 0.15) is 0 Å². The molecule has 160 valence electrons. The molecule has 0 bridgehead atoms. The Kier molecular flexibility index (Phi) is 8.54. The SMILES string of the molecule is CN(C)C1CCN(c2ccc(NC(=S)N=C(N)SCC3=CC=CCC=C3)cc2)CC1. The van der Waals surface area contributed by atoms with Gasteiger partial charge >= 0.3 is 0 Å². The van der Waals surface area contributed by atoms with Crippen molar-refractivity contribution < 1.29 is 0 Å². The van der Waals surface area contributed by atoms with E-state index in [1.54, 1.807) is 0 Å². The van der Waals surface area contributed by atoms with Crippen molar-refractivity contribution in [3.05, 3.63) is 60.2 Å². The number of allylic oxidation sites excluding steroid dienone is 5. The summed E-state index contributed by atoms with van der Waals surface area (Å²) in [5.41, 5.74) is 9.44. The van der Waals surface area contributed by atoms with E-state index in [2.05, 4.69) is 76.7 Å². The average molecular weight is 442 g/mol. The van der Waals surface area contributed by atoms with Crippen molar-refractivity contribution in [1.29, 1.82) is 0 Å². The van der Waals surface area contributed by atoms with Gasteiger partial charge in [0.25, 0.3) is 0 Å². The standard InChI is InChI=1S/C23H31N5S2/c1-27(2)20-13-15-28(16-14-20)21-11-9-19(10-12-21)25-23(29)26-22(24)30-17-18-7-5-3-4-6-8-18/h3,5-12,20H,4,13-17H2,1-2H3,(H3,24,25,26,29). The molecular formula is C23H31N5S2. The van der Waals surface area contributed by atoms with Crippen LogP contribution >= 0.6 is 24.0 Å². The molecule has 0 spiro atoms. The molecule has 1 fully saturated rings. The first kappa shape index (κ1) is 22.6. The Hall–Kier alpha value is -2.09. The van der Waals surface area contributed by atoms with Crippen LogP contribution in [-0.2, 0) is 0 Å². The molecule has 7 heteroatoms. The minimum absolute atomic E-state index is 0.379. The van der Waals surface area contributed by atoms with Crippen LogP contribution in [0.1, 0.15) is 19.3 Å². The van der Waals surface area contributed by atoms with E-state index in [1.807, 2.05) is 12.1 Å². The number of hydrogen-bond donors (Lipinski definition) is 2. The van der Waals surface area contributed by atoms with E-state index in [-0.39, 0.29) is 0 Å². The van der Waals surface area contributed by atoms with Gasteiger partial charge in [-0.1, -0.05) is 42.1 Å². The maximum atomic E-state index is 6.04. The van der Waals surface area contributed by atoms with E-state index in [4.69, 9.17) is 18.0 Å². The Morgan fingerprint density at radius 3 is 2.67 bits per heavy atom. The first-order valence-corrected chi connectivity index (χ1v) is 11.7. The third-order valence-corrected chi connectivity index (χ3v) is 6.39. The van der Waals surface area contributed by atoms with Crippen LogP contribution in [0.3, 0.4) is 0 Å². The average Bonchev–Trinajstić information content (AvgIpc) is 3.02. The largest absolute Gasteiger partial charge is 0.378 e. The molecule has 5 nitrogen and oxygen atoms in total. The number of amidine groups is 1. The highest BCUT2D eigenvalue weighted by atomic mass is 32.2. The van der Waals surface area contributed by atoms with Gasteiger partial charge in [0.05, 0.1) is 0 Å². The van der Waals surface area contributed by atoms with Crippen LogP contribution in [0.2, 0.25) is 0 Å². The first-order valence-electron chi connectivity index (χ1n) is 10.3. The number of thioether (sulfide) groups is 1. The molecule has 0 aromatic heterocycles. The van der Waals surface area contributed by atoms with Gasteiger partial charge in [-0.15, -0.1) is 0 Å². The smallest absolute Gasteiger partial charge is 0.199 e. The number of piperidine rings is 1. The Labute approximate surface area is 189 Å². The van der Waals surface area contributed by atoms with Gasteiger partial charge in [-0.2, -0.15) is 4.99 Å². The van der Waals surface area contributed by atoms with Crippen LogP contribution in [0.4, 0.5) is 11.4 Å². The van der Waals surface area contributed by atoms with E-state index in [9.17, 15) is 0 Å². The summed E-state index contributed by atoms with van der Waals surface area (Å²) in [7, 11) is 4.33. The highest BCUT2D eigenvalue weighted by Crippen LogP contribution is 2.23. The van der Waals surface area contributed by atoms with Crippen molar-refractivity contribution >= 4 is 45.6 Å². The van der Waals surface area contributed by atoms with E-state index < -0.39 is 0 Å². The monoisotopic (exact) mass is 441 g/mol. The lowest BCUT2D eigenvalue weighted by Crippen LogP contribution is -2.41. The van der Waals surface area contributed by atoms with Gasteiger partial charge in [0.2, 0.25) is 0 Å². The Morgan fingerprint density at radius 1 is 1.23 bits per heavy atom. The number of nitrogens with zero attached hydrogens (tertiary/aromatic N) is 3. The molecule has 2 aliphatic rings. The number of hydrogen-bond acceptors (Lipinski definition) is 4. The minimum Gasteiger partial charge on any atom is -0.378 e. The summed E-state index contributed by atoms with van der Waals surface area (Å²) in [6.45, 7) is 2.18. The Morgan fingerprint density at radius 2 is 1.97 bits per heavy atom. The fraction of sp³-hybridized carbons (Fsp3) is 0.391.